The molecule has 0 amide bonds. The summed E-state index contributed by atoms with van der Waals surface area (Å²) in [7, 11) is 1.81. The van der Waals surface area contributed by atoms with Crippen molar-refractivity contribution in [1.29, 1.82) is 0 Å². The summed E-state index contributed by atoms with van der Waals surface area (Å²) in [5.41, 5.74) is 4.46. The number of methoxy groups -OCH3 is 1. The summed E-state index contributed by atoms with van der Waals surface area (Å²) in [6, 6.07) is 5.52. The number of aryl methyl sites for hydroxylation is 2. The highest BCUT2D eigenvalue weighted by atomic mass is 16.5. The normalized spacial score (nSPS) is 25.9. The van der Waals surface area contributed by atoms with E-state index in [0.29, 0.717) is 0 Å². The van der Waals surface area contributed by atoms with E-state index in [1.165, 1.54) is 69.4 Å². The van der Waals surface area contributed by atoms with Crippen LogP contribution >= 0.6 is 0 Å². The van der Waals surface area contributed by atoms with Crippen LogP contribution in [-0.4, -0.2) is 49.1 Å². The van der Waals surface area contributed by atoms with E-state index in [0.717, 1.165) is 18.3 Å². The predicted octanol–water partition coefficient (Wildman–Crippen LogP) is 2.46. The fraction of sp³-hybridized carbons (Fsp3) is 0.667. The van der Waals surface area contributed by atoms with Crippen LogP contribution in [0.15, 0.2) is 12.1 Å². The Bertz CT molecular complexity index is 528. The molecule has 3 heteroatoms. The van der Waals surface area contributed by atoms with Crippen molar-refractivity contribution >= 4 is 0 Å². The van der Waals surface area contributed by atoms with Gasteiger partial charge in [-0.25, -0.2) is 0 Å². The molecule has 4 rings (SSSR count). The number of piperazine rings is 1. The average Bonchev–Trinajstić information content (AvgIpc) is 3.13. The molecule has 1 aromatic carbocycles. The van der Waals surface area contributed by atoms with Crippen molar-refractivity contribution in [3.8, 4) is 5.75 Å². The first-order chi connectivity index (χ1) is 10.3. The maximum Gasteiger partial charge on any atom is 0.123 e. The van der Waals surface area contributed by atoms with Gasteiger partial charge in [0.1, 0.15) is 5.75 Å². The second-order valence-corrected chi connectivity index (χ2v) is 6.85. The molecule has 2 heterocycles. The van der Waals surface area contributed by atoms with Crippen LogP contribution < -0.4 is 4.74 Å². The third-order valence-electron chi connectivity index (χ3n) is 5.56. The molecule has 3 nitrogen and oxygen atoms in total. The Hall–Kier alpha value is -1.06. The van der Waals surface area contributed by atoms with Crippen molar-refractivity contribution in [2.45, 2.75) is 44.7 Å². The first kappa shape index (κ1) is 13.6. The number of benzene rings is 1. The summed E-state index contributed by atoms with van der Waals surface area (Å²) < 4.78 is 5.66. The van der Waals surface area contributed by atoms with E-state index in [1.54, 1.807) is 5.56 Å². The van der Waals surface area contributed by atoms with Gasteiger partial charge in [-0.2, -0.15) is 0 Å². The standard InChI is InChI=1S/C18H26N2O/c1-21-18-11-15-5-2-4-14(15)10-16(18)12-19-8-9-20-7-3-6-17(20)13-19/h10-11,17H,2-9,12-13H2,1H3/t17-/m0/s1. The van der Waals surface area contributed by atoms with Crippen LogP contribution in [0, 0.1) is 0 Å². The van der Waals surface area contributed by atoms with Gasteiger partial charge in [0.15, 0.2) is 0 Å². The molecule has 0 bridgehead atoms. The molecule has 0 N–H and O–H groups in total. The number of hydrogen-bond donors (Lipinski definition) is 0. The SMILES string of the molecule is COc1cc2c(cc1CN1CCN3CCC[C@H]3C1)CCC2. The molecule has 21 heavy (non-hydrogen) atoms. The predicted molar refractivity (Wildman–Crippen MR) is 84.9 cm³/mol. The Kier molecular flexibility index (Phi) is 3.64. The maximum absolute atomic E-state index is 5.66. The zero-order chi connectivity index (χ0) is 14.2. The van der Waals surface area contributed by atoms with E-state index < -0.39 is 0 Å². The smallest absolute Gasteiger partial charge is 0.123 e. The van der Waals surface area contributed by atoms with E-state index >= 15 is 0 Å². The van der Waals surface area contributed by atoms with E-state index in [-0.39, 0.29) is 0 Å². The Morgan fingerprint density at radius 3 is 2.81 bits per heavy atom. The molecular formula is C18H26N2O. The van der Waals surface area contributed by atoms with Crippen molar-refractivity contribution < 1.29 is 4.74 Å². The molecule has 0 radical (unpaired) electrons. The molecule has 0 unspecified atom stereocenters. The second kappa shape index (κ2) is 5.62. The topological polar surface area (TPSA) is 15.7 Å². The highest BCUT2D eigenvalue weighted by Crippen LogP contribution is 2.31. The Morgan fingerprint density at radius 1 is 1.10 bits per heavy atom. The molecule has 2 aliphatic heterocycles. The van der Waals surface area contributed by atoms with Crippen molar-refractivity contribution in [3.63, 3.8) is 0 Å². The van der Waals surface area contributed by atoms with E-state index in [9.17, 15) is 0 Å². The van der Waals surface area contributed by atoms with Crippen molar-refractivity contribution in [3.05, 3.63) is 28.8 Å². The third-order valence-corrected chi connectivity index (χ3v) is 5.56. The van der Waals surface area contributed by atoms with Gasteiger partial charge in [0, 0.05) is 37.8 Å². The van der Waals surface area contributed by atoms with Crippen molar-refractivity contribution in [2.24, 2.45) is 0 Å². The van der Waals surface area contributed by atoms with Crippen LogP contribution in [0.1, 0.15) is 36.0 Å². The molecule has 2 saturated heterocycles. The van der Waals surface area contributed by atoms with E-state index in [4.69, 9.17) is 4.74 Å². The molecule has 2 fully saturated rings. The summed E-state index contributed by atoms with van der Waals surface area (Å²) in [4.78, 5) is 5.31. The van der Waals surface area contributed by atoms with Crippen LogP contribution in [0.25, 0.3) is 0 Å². The minimum absolute atomic E-state index is 0.805. The van der Waals surface area contributed by atoms with E-state index in [2.05, 4.69) is 21.9 Å². The molecular weight excluding hydrogens is 260 g/mol. The van der Waals surface area contributed by atoms with Crippen LogP contribution in [0.5, 0.6) is 5.75 Å². The van der Waals surface area contributed by atoms with Gasteiger partial charge in [0.2, 0.25) is 0 Å². The van der Waals surface area contributed by atoms with Gasteiger partial charge in [-0.3, -0.25) is 9.80 Å². The maximum atomic E-state index is 5.66. The quantitative estimate of drug-likeness (QED) is 0.849. The highest BCUT2D eigenvalue weighted by Gasteiger charge is 2.30. The van der Waals surface area contributed by atoms with Gasteiger partial charge in [0.25, 0.3) is 0 Å². The number of fused-ring (bicyclic) bond motifs is 2. The first-order valence-electron chi connectivity index (χ1n) is 8.48. The highest BCUT2D eigenvalue weighted by molar-refractivity contribution is 5.44. The summed E-state index contributed by atoms with van der Waals surface area (Å²) in [5, 5.41) is 0. The summed E-state index contributed by atoms with van der Waals surface area (Å²) in [6.07, 6.45) is 6.57. The lowest BCUT2D eigenvalue weighted by Crippen LogP contribution is -2.49. The summed E-state index contributed by atoms with van der Waals surface area (Å²) >= 11 is 0. The fourth-order valence-electron chi connectivity index (χ4n) is 4.41. The fourth-order valence-corrected chi connectivity index (χ4v) is 4.41. The summed E-state index contributed by atoms with van der Waals surface area (Å²) in [6.45, 7) is 6.07. The average molecular weight is 286 g/mol. The van der Waals surface area contributed by atoms with Gasteiger partial charge < -0.3 is 4.74 Å². The Balaban J connectivity index is 1.51. The van der Waals surface area contributed by atoms with Crippen molar-refractivity contribution in [1.82, 2.24) is 9.80 Å². The minimum atomic E-state index is 0.805. The lowest BCUT2D eigenvalue weighted by Gasteiger charge is -2.37. The van der Waals surface area contributed by atoms with Gasteiger partial charge in [0.05, 0.1) is 7.11 Å². The molecule has 1 aliphatic carbocycles. The molecule has 114 valence electrons. The molecule has 3 aliphatic rings. The van der Waals surface area contributed by atoms with Crippen LogP contribution in [0.4, 0.5) is 0 Å². The monoisotopic (exact) mass is 286 g/mol. The molecule has 0 aromatic heterocycles. The Labute approximate surface area is 127 Å². The number of ether oxygens (including phenoxy) is 1. The molecule has 1 atom stereocenters. The lowest BCUT2D eigenvalue weighted by atomic mass is 10.0. The van der Waals surface area contributed by atoms with Gasteiger partial charge in [-0.05, 0) is 55.8 Å². The van der Waals surface area contributed by atoms with Crippen LogP contribution in [0.2, 0.25) is 0 Å². The van der Waals surface area contributed by atoms with Gasteiger partial charge in [-0.1, -0.05) is 6.07 Å². The van der Waals surface area contributed by atoms with Crippen molar-refractivity contribution in [2.75, 3.05) is 33.3 Å². The van der Waals surface area contributed by atoms with Gasteiger partial charge in [-0.15, -0.1) is 0 Å². The largest absolute Gasteiger partial charge is 0.496 e. The Morgan fingerprint density at radius 2 is 1.95 bits per heavy atom. The second-order valence-electron chi connectivity index (χ2n) is 6.85. The number of nitrogens with zero attached hydrogens (tertiary/aromatic N) is 2. The third kappa shape index (κ3) is 2.58. The molecule has 0 spiro atoms. The van der Waals surface area contributed by atoms with Gasteiger partial charge >= 0.3 is 0 Å². The van der Waals surface area contributed by atoms with Crippen LogP contribution in [-0.2, 0) is 19.4 Å². The molecule has 0 saturated carbocycles. The van der Waals surface area contributed by atoms with Crippen LogP contribution in [0.3, 0.4) is 0 Å². The number of rotatable bonds is 3. The summed E-state index contributed by atoms with van der Waals surface area (Å²) in [5.74, 6) is 1.10. The lowest BCUT2D eigenvalue weighted by molar-refractivity contribution is 0.0987. The zero-order valence-electron chi connectivity index (χ0n) is 13.1. The van der Waals surface area contributed by atoms with E-state index in [1.807, 2.05) is 7.11 Å². The number of hydrogen-bond acceptors (Lipinski definition) is 3. The first-order valence-corrected chi connectivity index (χ1v) is 8.48. The minimum Gasteiger partial charge on any atom is -0.496 e. The zero-order valence-corrected chi connectivity index (χ0v) is 13.1. The molecule has 1 aromatic rings.